The number of likely N-dealkylation sites (tertiary alicyclic amines) is 1. The van der Waals surface area contributed by atoms with Crippen molar-refractivity contribution in [1.82, 2.24) is 20.1 Å². The van der Waals surface area contributed by atoms with E-state index >= 15 is 0 Å². The molecule has 2 fully saturated rings. The van der Waals surface area contributed by atoms with Gasteiger partial charge >= 0.3 is 0 Å². The molecule has 1 unspecified atom stereocenters. The summed E-state index contributed by atoms with van der Waals surface area (Å²) in [5.41, 5.74) is 8.85. The number of piperidine rings is 1. The number of nitrogens with one attached hydrogen (secondary N) is 1. The summed E-state index contributed by atoms with van der Waals surface area (Å²) < 4.78 is 5.45. The molecule has 0 radical (unpaired) electrons. The lowest BCUT2D eigenvalue weighted by atomic mass is 9.82. The molecule has 0 spiro atoms. The molecule has 0 bridgehead atoms. The van der Waals surface area contributed by atoms with Gasteiger partial charge in [0.1, 0.15) is 11.8 Å². The van der Waals surface area contributed by atoms with Gasteiger partial charge in [-0.3, -0.25) is 19.4 Å². The molecule has 9 nitrogen and oxygen atoms in total. The zero-order valence-electron chi connectivity index (χ0n) is 26.4. The number of nitrogens with zero attached hydrogens (tertiary/aromatic N) is 3. The Bertz CT molecular complexity index is 1460. The molecule has 2 heterocycles. The van der Waals surface area contributed by atoms with E-state index in [1.165, 1.54) is 6.20 Å². The Morgan fingerprint density at radius 1 is 0.978 bits per heavy atom. The first-order valence-electron chi connectivity index (χ1n) is 16.1. The van der Waals surface area contributed by atoms with Crippen LogP contribution in [0.2, 0.25) is 0 Å². The maximum absolute atomic E-state index is 14.1. The summed E-state index contributed by atoms with van der Waals surface area (Å²) in [6.07, 6.45) is 8.26. The van der Waals surface area contributed by atoms with E-state index in [4.69, 9.17) is 10.5 Å². The summed E-state index contributed by atoms with van der Waals surface area (Å²) in [6.45, 7) is 3.94. The van der Waals surface area contributed by atoms with Crippen LogP contribution in [0.3, 0.4) is 0 Å². The Kier molecular flexibility index (Phi) is 10.8. The predicted molar refractivity (Wildman–Crippen MR) is 174 cm³/mol. The summed E-state index contributed by atoms with van der Waals surface area (Å²) in [6, 6.07) is 17.7. The predicted octanol–water partition coefficient (Wildman–Crippen LogP) is 4.60. The van der Waals surface area contributed by atoms with E-state index in [9.17, 15) is 14.4 Å². The Morgan fingerprint density at radius 2 is 1.73 bits per heavy atom. The average molecular weight is 612 g/mol. The molecule has 1 aliphatic heterocycles. The molecule has 9 heteroatoms. The number of hydrogen-bond donors (Lipinski definition) is 2. The first-order valence-corrected chi connectivity index (χ1v) is 16.1. The van der Waals surface area contributed by atoms with Gasteiger partial charge in [0.05, 0.1) is 12.7 Å². The molecule has 1 saturated carbocycles. The van der Waals surface area contributed by atoms with Gasteiger partial charge in [-0.05, 0) is 106 Å². The molecule has 3 amide bonds. The number of carbonyl (C=O) groups is 3. The van der Waals surface area contributed by atoms with Crippen molar-refractivity contribution in [2.24, 2.45) is 17.6 Å². The standard InChI is InChI=1S/C36H45N5O4/c1-25-6-3-8-29(18-25)35(43)41(24-28-7-4-10-32(19-28)45-2)31-15-17-40(36(44)30-9-5-16-38-23-30)33(20-31)34(42)39-22-27-13-11-26(21-37)12-14-27/h3-10,16,18-19,23,26-27,31,33H,11-15,17,20-22,24,37H2,1-2H3,(H,39,42)/t26?,27?,31?,33-/m1/s1. The molecule has 1 saturated heterocycles. The molecule has 238 valence electrons. The Balaban J connectivity index is 1.40. The number of aromatic nitrogens is 1. The Labute approximate surface area is 266 Å². The van der Waals surface area contributed by atoms with Gasteiger partial charge in [-0.1, -0.05) is 29.8 Å². The van der Waals surface area contributed by atoms with Gasteiger partial charge in [-0.2, -0.15) is 0 Å². The van der Waals surface area contributed by atoms with Crippen molar-refractivity contribution in [3.05, 3.63) is 95.3 Å². The maximum Gasteiger partial charge on any atom is 0.256 e. The minimum absolute atomic E-state index is 0.102. The first kappa shape index (κ1) is 32.2. The number of methoxy groups -OCH3 is 1. The van der Waals surface area contributed by atoms with Crippen LogP contribution in [0.15, 0.2) is 73.1 Å². The number of benzene rings is 2. The van der Waals surface area contributed by atoms with Crippen LogP contribution in [0.5, 0.6) is 5.75 Å². The Hall–Kier alpha value is -4.24. The van der Waals surface area contributed by atoms with E-state index in [1.54, 1.807) is 30.3 Å². The highest BCUT2D eigenvalue weighted by Gasteiger charge is 2.40. The molecule has 45 heavy (non-hydrogen) atoms. The van der Waals surface area contributed by atoms with Crippen LogP contribution in [-0.2, 0) is 11.3 Å². The number of hydrogen-bond acceptors (Lipinski definition) is 6. The number of aryl methyl sites for hydroxylation is 1. The van der Waals surface area contributed by atoms with Gasteiger partial charge in [-0.25, -0.2) is 0 Å². The van der Waals surface area contributed by atoms with Gasteiger partial charge in [-0.15, -0.1) is 0 Å². The quantitative estimate of drug-likeness (QED) is 0.346. The van der Waals surface area contributed by atoms with Gasteiger partial charge in [0.25, 0.3) is 11.8 Å². The number of carbonyl (C=O) groups excluding carboxylic acids is 3. The first-order chi connectivity index (χ1) is 21.9. The highest BCUT2D eigenvalue weighted by molar-refractivity contribution is 5.98. The van der Waals surface area contributed by atoms with Crippen LogP contribution in [-0.4, -0.2) is 71.3 Å². The third-order valence-corrected chi connectivity index (χ3v) is 9.37. The fraction of sp³-hybridized carbons (Fsp3) is 0.444. The SMILES string of the molecule is COc1cccc(CN(C(=O)c2cccc(C)c2)C2CCN(C(=O)c3cccnc3)[C@@H](C(=O)NCC3CCC(CN)CC3)C2)c1. The number of ether oxygens (including phenoxy) is 1. The van der Waals surface area contributed by atoms with Crippen LogP contribution in [0, 0.1) is 18.8 Å². The number of pyridine rings is 1. The number of rotatable bonds is 10. The summed E-state index contributed by atoms with van der Waals surface area (Å²) in [5, 5.41) is 3.18. The number of amides is 3. The van der Waals surface area contributed by atoms with E-state index in [0.717, 1.165) is 36.8 Å². The van der Waals surface area contributed by atoms with Crippen LogP contribution < -0.4 is 15.8 Å². The normalized spacial score (nSPS) is 21.5. The average Bonchev–Trinajstić information content (AvgIpc) is 3.09. The van der Waals surface area contributed by atoms with Crippen molar-refractivity contribution in [2.75, 3.05) is 26.7 Å². The molecule has 3 aromatic rings. The smallest absolute Gasteiger partial charge is 0.256 e. The third-order valence-electron chi connectivity index (χ3n) is 9.37. The van der Waals surface area contributed by atoms with E-state index in [0.29, 0.717) is 67.7 Å². The molecular formula is C36H45N5O4. The summed E-state index contributed by atoms with van der Waals surface area (Å²) >= 11 is 0. The van der Waals surface area contributed by atoms with Crippen LogP contribution in [0.1, 0.15) is 70.4 Å². The maximum atomic E-state index is 14.1. The summed E-state index contributed by atoms with van der Waals surface area (Å²) in [7, 11) is 1.62. The molecule has 3 N–H and O–H groups in total. The second-order valence-electron chi connectivity index (χ2n) is 12.5. The van der Waals surface area contributed by atoms with Crippen LogP contribution >= 0.6 is 0 Å². The van der Waals surface area contributed by atoms with Crippen molar-refractivity contribution in [2.45, 2.75) is 64.1 Å². The van der Waals surface area contributed by atoms with E-state index in [-0.39, 0.29) is 23.8 Å². The fourth-order valence-corrected chi connectivity index (χ4v) is 6.69. The van der Waals surface area contributed by atoms with Crippen molar-refractivity contribution >= 4 is 17.7 Å². The number of nitrogens with two attached hydrogens (primary N) is 1. The molecule has 1 aromatic heterocycles. The summed E-state index contributed by atoms with van der Waals surface area (Å²) in [4.78, 5) is 49.5. The topological polar surface area (TPSA) is 118 Å². The second kappa shape index (κ2) is 15.2. The zero-order valence-corrected chi connectivity index (χ0v) is 26.4. The van der Waals surface area contributed by atoms with Crippen molar-refractivity contribution in [1.29, 1.82) is 0 Å². The monoisotopic (exact) mass is 611 g/mol. The van der Waals surface area contributed by atoms with Gasteiger partial charge in [0, 0.05) is 43.6 Å². The highest BCUT2D eigenvalue weighted by Crippen LogP contribution is 2.30. The largest absolute Gasteiger partial charge is 0.497 e. The van der Waals surface area contributed by atoms with E-state index in [1.807, 2.05) is 60.4 Å². The molecular weight excluding hydrogens is 566 g/mol. The van der Waals surface area contributed by atoms with Crippen molar-refractivity contribution in [3.63, 3.8) is 0 Å². The minimum atomic E-state index is -0.727. The van der Waals surface area contributed by atoms with Gasteiger partial charge < -0.3 is 25.6 Å². The van der Waals surface area contributed by atoms with Crippen LogP contribution in [0.4, 0.5) is 0 Å². The molecule has 2 aromatic carbocycles. The molecule has 1 aliphatic carbocycles. The van der Waals surface area contributed by atoms with Gasteiger partial charge in [0.2, 0.25) is 5.91 Å². The lowest BCUT2D eigenvalue weighted by Gasteiger charge is -2.43. The van der Waals surface area contributed by atoms with Crippen molar-refractivity contribution < 1.29 is 19.1 Å². The van der Waals surface area contributed by atoms with E-state index in [2.05, 4.69) is 10.3 Å². The zero-order chi connectivity index (χ0) is 31.8. The molecule has 2 atom stereocenters. The molecule has 2 aliphatic rings. The van der Waals surface area contributed by atoms with Gasteiger partial charge in [0.15, 0.2) is 0 Å². The lowest BCUT2D eigenvalue weighted by Crippen LogP contribution is -2.58. The van der Waals surface area contributed by atoms with Crippen LogP contribution in [0.25, 0.3) is 0 Å². The molecule has 5 rings (SSSR count). The Morgan fingerprint density at radius 3 is 2.44 bits per heavy atom. The van der Waals surface area contributed by atoms with E-state index < -0.39 is 6.04 Å². The fourth-order valence-electron chi connectivity index (χ4n) is 6.69. The second-order valence-corrected chi connectivity index (χ2v) is 12.5. The summed E-state index contributed by atoms with van der Waals surface area (Å²) in [5.74, 6) is 1.16. The highest BCUT2D eigenvalue weighted by atomic mass is 16.5. The lowest BCUT2D eigenvalue weighted by molar-refractivity contribution is -0.127. The third kappa shape index (κ3) is 8.08. The van der Waals surface area contributed by atoms with Crippen molar-refractivity contribution in [3.8, 4) is 5.75 Å². The minimum Gasteiger partial charge on any atom is -0.497 e.